The number of carbonyl (C=O) groups is 1. The van der Waals surface area contributed by atoms with Crippen molar-refractivity contribution in [1.82, 2.24) is 19.8 Å². The van der Waals surface area contributed by atoms with Gasteiger partial charge in [-0.05, 0) is 19.8 Å². The third-order valence-corrected chi connectivity index (χ3v) is 6.88. The number of nitrogens with zero attached hydrogens (tertiary/aromatic N) is 2. The van der Waals surface area contributed by atoms with E-state index in [1.54, 1.807) is 11.8 Å². The first-order chi connectivity index (χ1) is 13.5. The smallest absolute Gasteiger partial charge is 0.257 e. The van der Waals surface area contributed by atoms with Gasteiger partial charge in [0.25, 0.3) is 5.91 Å². The number of hydrogen-bond donors (Lipinski definition) is 2. The number of morpholine rings is 1. The van der Waals surface area contributed by atoms with Gasteiger partial charge in [0.15, 0.2) is 5.76 Å². The summed E-state index contributed by atoms with van der Waals surface area (Å²) in [6.07, 6.45) is 5.20. The number of aromatic nitrogens is 2. The van der Waals surface area contributed by atoms with Crippen molar-refractivity contribution in [1.29, 1.82) is 0 Å². The van der Waals surface area contributed by atoms with Gasteiger partial charge in [0.05, 0.1) is 25.0 Å². The second-order valence-electron chi connectivity index (χ2n) is 7.20. The Bertz CT molecular complexity index is 953. The van der Waals surface area contributed by atoms with Gasteiger partial charge in [-0.1, -0.05) is 12.8 Å². The predicted octanol–water partition coefficient (Wildman–Crippen LogP) is 1.67. The number of ether oxygens (including phenoxy) is 1. The highest BCUT2D eigenvalue weighted by atomic mass is 32.2. The number of nitrogens with one attached hydrogen (secondary N) is 2. The van der Waals surface area contributed by atoms with Crippen LogP contribution in [0.3, 0.4) is 0 Å². The van der Waals surface area contributed by atoms with Crippen molar-refractivity contribution in [2.45, 2.75) is 43.5 Å². The van der Waals surface area contributed by atoms with Crippen molar-refractivity contribution in [3.63, 3.8) is 0 Å². The zero-order valence-electron chi connectivity index (χ0n) is 15.7. The number of sulfonamides is 1. The van der Waals surface area contributed by atoms with Crippen LogP contribution in [0.2, 0.25) is 0 Å². The van der Waals surface area contributed by atoms with E-state index in [0.717, 1.165) is 25.7 Å². The molecule has 3 heterocycles. The van der Waals surface area contributed by atoms with E-state index in [9.17, 15) is 13.2 Å². The van der Waals surface area contributed by atoms with Gasteiger partial charge >= 0.3 is 0 Å². The molecule has 1 aliphatic carbocycles. The quantitative estimate of drug-likeness (QED) is 0.777. The van der Waals surface area contributed by atoms with Gasteiger partial charge < -0.3 is 14.1 Å². The molecule has 152 valence electrons. The zero-order chi connectivity index (χ0) is 19.7. The molecule has 0 unspecified atom stereocenters. The molecule has 1 aliphatic heterocycles. The molecule has 0 radical (unpaired) electrons. The average molecular weight is 408 g/mol. The number of amides is 1. The SMILES string of the molecule is Cc1oc(-c2[nH]ncc2C(=O)N2CCOCC2)cc1S(=O)(=O)NC1CCCC1. The van der Waals surface area contributed by atoms with Crippen molar-refractivity contribution in [3.8, 4) is 11.5 Å². The van der Waals surface area contributed by atoms with Gasteiger partial charge in [0.2, 0.25) is 10.0 Å². The molecule has 10 heteroatoms. The molecule has 0 atom stereocenters. The second-order valence-corrected chi connectivity index (χ2v) is 8.88. The molecule has 1 saturated carbocycles. The van der Waals surface area contributed by atoms with Crippen LogP contribution < -0.4 is 4.72 Å². The minimum Gasteiger partial charge on any atom is -0.458 e. The molecule has 28 heavy (non-hydrogen) atoms. The largest absolute Gasteiger partial charge is 0.458 e. The number of aromatic amines is 1. The Morgan fingerprint density at radius 2 is 2.00 bits per heavy atom. The van der Waals surface area contributed by atoms with Crippen LogP contribution in [0.25, 0.3) is 11.5 Å². The maximum absolute atomic E-state index is 12.8. The Balaban J connectivity index is 1.60. The van der Waals surface area contributed by atoms with Crippen LogP contribution in [0.5, 0.6) is 0 Å². The minimum absolute atomic E-state index is 0.0339. The Labute approximate surface area is 163 Å². The molecule has 2 fully saturated rings. The topological polar surface area (TPSA) is 118 Å². The van der Waals surface area contributed by atoms with Gasteiger partial charge in [0, 0.05) is 25.2 Å². The standard InChI is InChI=1S/C18H24N4O5S/c1-12-16(28(24,25)21-13-4-2-3-5-13)10-15(27-12)17-14(11-19-20-17)18(23)22-6-8-26-9-7-22/h10-11,13,21H,2-9H2,1H3,(H,19,20). The summed E-state index contributed by atoms with van der Waals surface area (Å²) < 4.78 is 39.3. The third-order valence-electron chi connectivity index (χ3n) is 5.25. The van der Waals surface area contributed by atoms with E-state index >= 15 is 0 Å². The summed E-state index contributed by atoms with van der Waals surface area (Å²) in [5.74, 6) is 0.368. The molecule has 2 N–H and O–H groups in total. The predicted molar refractivity (Wildman–Crippen MR) is 100 cm³/mol. The lowest BCUT2D eigenvalue weighted by molar-refractivity contribution is 0.0303. The van der Waals surface area contributed by atoms with Crippen LogP contribution in [0, 0.1) is 6.92 Å². The number of hydrogen-bond acceptors (Lipinski definition) is 6. The van der Waals surface area contributed by atoms with Gasteiger partial charge in [-0.25, -0.2) is 13.1 Å². The van der Waals surface area contributed by atoms with Crippen LogP contribution in [0.1, 0.15) is 41.8 Å². The fourth-order valence-electron chi connectivity index (χ4n) is 3.75. The summed E-state index contributed by atoms with van der Waals surface area (Å²) in [4.78, 5) is 14.6. The molecule has 2 aromatic rings. The lowest BCUT2D eigenvalue weighted by Crippen LogP contribution is -2.40. The van der Waals surface area contributed by atoms with Crippen molar-refractivity contribution in [3.05, 3.63) is 23.6 Å². The third kappa shape index (κ3) is 3.71. The lowest BCUT2D eigenvalue weighted by atomic mass is 10.2. The lowest BCUT2D eigenvalue weighted by Gasteiger charge is -2.26. The van der Waals surface area contributed by atoms with Gasteiger partial charge in [0.1, 0.15) is 16.3 Å². The van der Waals surface area contributed by atoms with E-state index in [-0.39, 0.29) is 28.4 Å². The molecule has 0 bridgehead atoms. The zero-order valence-corrected chi connectivity index (χ0v) is 16.5. The Hall–Kier alpha value is -2.17. The molecule has 2 aliphatic rings. The number of furan rings is 1. The van der Waals surface area contributed by atoms with E-state index in [2.05, 4.69) is 14.9 Å². The molecule has 0 aromatic carbocycles. The number of carbonyl (C=O) groups excluding carboxylic acids is 1. The fourth-order valence-corrected chi connectivity index (χ4v) is 5.24. The van der Waals surface area contributed by atoms with Crippen molar-refractivity contribution < 1.29 is 22.4 Å². The number of rotatable bonds is 5. The van der Waals surface area contributed by atoms with Gasteiger partial charge in [-0.15, -0.1) is 0 Å². The molecule has 9 nitrogen and oxygen atoms in total. The van der Waals surface area contributed by atoms with Gasteiger partial charge in [-0.3, -0.25) is 9.89 Å². The first-order valence-electron chi connectivity index (χ1n) is 9.49. The second kappa shape index (κ2) is 7.69. The maximum Gasteiger partial charge on any atom is 0.257 e. The Kier molecular flexibility index (Phi) is 5.26. The first kappa shape index (κ1) is 19.2. The van der Waals surface area contributed by atoms with Crippen LogP contribution in [-0.4, -0.2) is 61.8 Å². The molecule has 1 amide bonds. The van der Waals surface area contributed by atoms with E-state index in [1.807, 2.05) is 0 Å². The van der Waals surface area contributed by atoms with E-state index < -0.39 is 10.0 Å². The highest BCUT2D eigenvalue weighted by molar-refractivity contribution is 7.89. The monoisotopic (exact) mass is 408 g/mol. The van der Waals surface area contributed by atoms with Crippen molar-refractivity contribution in [2.75, 3.05) is 26.3 Å². The van der Waals surface area contributed by atoms with Crippen LogP contribution >= 0.6 is 0 Å². The normalized spacial score (nSPS) is 18.7. The number of aryl methyl sites for hydroxylation is 1. The summed E-state index contributed by atoms with van der Waals surface area (Å²) >= 11 is 0. The van der Waals surface area contributed by atoms with E-state index in [0.29, 0.717) is 37.6 Å². The minimum atomic E-state index is -3.69. The Morgan fingerprint density at radius 1 is 1.29 bits per heavy atom. The van der Waals surface area contributed by atoms with Crippen LogP contribution in [0.15, 0.2) is 21.6 Å². The summed E-state index contributed by atoms with van der Waals surface area (Å²) in [6, 6.07) is 1.42. The average Bonchev–Trinajstić information content (AvgIpc) is 3.42. The summed E-state index contributed by atoms with van der Waals surface area (Å²) in [7, 11) is -3.69. The molecule has 1 saturated heterocycles. The molecule has 0 spiro atoms. The molecular formula is C18H24N4O5S. The van der Waals surface area contributed by atoms with Crippen LogP contribution in [-0.2, 0) is 14.8 Å². The highest BCUT2D eigenvalue weighted by Crippen LogP contribution is 2.30. The van der Waals surface area contributed by atoms with Crippen molar-refractivity contribution >= 4 is 15.9 Å². The van der Waals surface area contributed by atoms with Crippen LogP contribution in [0.4, 0.5) is 0 Å². The molecular weight excluding hydrogens is 384 g/mol. The van der Waals surface area contributed by atoms with Gasteiger partial charge in [-0.2, -0.15) is 5.10 Å². The molecule has 2 aromatic heterocycles. The fraction of sp³-hybridized carbons (Fsp3) is 0.556. The summed E-state index contributed by atoms with van der Waals surface area (Å²) in [5.41, 5.74) is 0.727. The number of H-pyrrole nitrogens is 1. The molecule has 4 rings (SSSR count). The van der Waals surface area contributed by atoms with E-state index in [1.165, 1.54) is 12.3 Å². The first-order valence-corrected chi connectivity index (χ1v) is 11.0. The van der Waals surface area contributed by atoms with Crippen molar-refractivity contribution in [2.24, 2.45) is 0 Å². The highest BCUT2D eigenvalue weighted by Gasteiger charge is 2.29. The Morgan fingerprint density at radius 3 is 2.71 bits per heavy atom. The summed E-state index contributed by atoms with van der Waals surface area (Å²) in [5, 5.41) is 6.74. The summed E-state index contributed by atoms with van der Waals surface area (Å²) in [6.45, 7) is 3.60. The maximum atomic E-state index is 12.8. The van der Waals surface area contributed by atoms with E-state index in [4.69, 9.17) is 9.15 Å².